The molecular weight excluding hydrogens is 492 g/mol. The van der Waals surface area contributed by atoms with Crippen molar-refractivity contribution < 1.29 is 19.0 Å². The van der Waals surface area contributed by atoms with Gasteiger partial charge in [-0.25, -0.2) is 9.78 Å². The van der Waals surface area contributed by atoms with Crippen LogP contribution in [0.15, 0.2) is 103 Å². The first-order chi connectivity index (χ1) is 19.2. The molecular formula is C31H30N4O4. The minimum absolute atomic E-state index is 0.00846. The Labute approximate surface area is 227 Å². The monoisotopic (exact) mass is 522 g/mol. The lowest BCUT2D eigenvalue weighted by atomic mass is 9.97. The second kappa shape index (κ2) is 11.4. The maximum Gasteiger partial charge on any atom is 0.410 e. The highest BCUT2D eigenvalue weighted by Crippen LogP contribution is 2.36. The topological polar surface area (TPSA) is 78.7 Å². The number of allylic oxidation sites excluding steroid dienone is 1. The van der Waals surface area contributed by atoms with Gasteiger partial charge in [0.1, 0.15) is 24.5 Å². The van der Waals surface area contributed by atoms with Crippen molar-refractivity contribution in [2.75, 3.05) is 13.1 Å². The number of hydrogen-bond acceptors (Lipinski definition) is 6. The van der Waals surface area contributed by atoms with Crippen LogP contribution < -0.4 is 0 Å². The molecule has 198 valence electrons. The summed E-state index contributed by atoms with van der Waals surface area (Å²) in [4.78, 5) is 24.1. The van der Waals surface area contributed by atoms with E-state index in [0.29, 0.717) is 19.5 Å². The molecule has 0 spiro atoms. The van der Waals surface area contributed by atoms with E-state index < -0.39 is 6.41 Å². The number of hydrogen-bond donors (Lipinski definition) is 0. The average Bonchev–Trinajstić information content (AvgIpc) is 3.65. The first kappa shape index (κ1) is 24.7. The Balaban J connectivity index is 1.21. The molecule has 6 rings (SSSR count). The Morgan fingerprint density at radius 3 is 2.49 bits per heavy atom. The number of carbonyl (C=O) groups excluding carboxylic acids is 1. The summed E-state index contributed by atoms with van der Waals surface area (Å²) in [6.45, 7) is 1.40. The number of imidazole rings is 1. The van der Waals surface area contributed by atoms with Crippen molar-refractivity contribution in [1.82, 2.24) is 19.4 Å². The molecule has 39 heavy (non-hydrogen) atoms. The molecule has 2 aromatic carbocycles. The lowest BCUT2D eigenvalue weighted by molar-refractivity contribution is -0.0937. The highest BCUT2D eigenvalue weighted by atomic mass is 16.7. The Kier molecular flexibility index (Phi) is 7.25. The molecule has 1 saturated heterocycles. The van der Waals surface area contributed by atoms with Gasteiger partial charge in [0.25, 0.3) is 0 Å². The first-order valence-corrected chi connectivity index (χ1v) is 13.2. The maximum atomic E-state index is 12.9. The Bertz CT molecular complexity index is 1420. The third-order valence-electron chi connectivity index (χ3n) is 7.00. The summed E-state index contributed by atoms with van der Waals surface area (Å²) in [6, 6.07) is 25.6. The lowest BCUT2D eigenvalue weighted by Gasteiger charge is -2.32. The van der Waals surface area contributed by atoms with Crippen molar-refractivity contribution in [3.8, 4) is 11.4 Å². The fourth-order valence-electron chi connectivity index (χ4n) is 5.08. The maximum absolute atomic E-state index is 12.9. The van der Waals surface area contributed by atoms with Gasteiger partial charge in [0.15, 0.2) is 0 Å². The molecule has 2 aliphatic heterocycles. The van der Waals surface area contributed by atoms with E-state index in [1.807, 2.05) is 77.5 Å². The molecule has 2 atom stereocenters. The summed E-state index contributed by atoms with van der Waals surface area (Å²) in [5.41, 5.74) is 3.67. The third-order valence-corrected chi connectivity index (χ3v) is 7.00. The molecule has 1 amide bonds. The molecule has 1 fully saturated rings. The molecule has 0 bridgehead atoms. The summed E-state index contributed by atoms with van der Waals surface area (Å²) in [5.74, 6) is 1.54. The van der Waals surface area contributed by atoms with Gasteiger partial charge < -0.3 is 19.1 Å². The fraction of sp³-hybridized carbons (Fsp3) is 0.258. The number of pyridine rings is 1. The van der Waals surface area contributed by atoms with Gasteiger partial charge >= 0.3 is 12.5 Å². The van der Waals surface area contributed by atoms with Crippen molar-refractivity contribution in [3.63, 3.8) is 0 Å². The van der Waals surface area contributed by atoms with Crippen LogP contribution in [0.25, 0.3) is 11.4 Å². The molecule has 0 aliphatic carbocycles. The fourth-order valence-corrected chi connectivity index (χ4v) is 5.08. The number of benzene rings is 2. The van der Waals surface area contributed by atoms with Crippen LogP contribution in [0.1, 0.15) is 42.1 Å². The van der Waals surface area contributed by atoms with E-state index in [4.69, 9.17) is 19.2 Å². The van der Waals surface area contributed by atoms with E-state index in [9.17, 15) is 4.79 Å². The van der Waals surface area contributed by atoms with E-state index in [-0.39, 0.29) is 18.6 Å². The minimum atomic E-state index is -0.710. The molecule has 2 unspecified atom stereocenters. The second-order valence-electron chi connectivity index (χ2n) is 9.72. The summed E-state index contributed by atoms with van der Waals surface area (Å²) in [7, 11) is 0. The third kappa shape index (κ3) is 5.65. The van der Waals surface area contributed by atoms with E-state index in [0.717, 1.165) is 46.9 Å². The highest BCUT2D eigenvalue weighted by Gasteiger charge is 2.34. The van der Waals surface area contributed by atoms with Gasteiger partial charge in [-0.05, 0) is 36.1 Å². The van der Waals surface area contributed by atoms with Gasteiger partial charge in [-0.1, -0.05) is 66.7 Å². The van der Waals surface area contributed by atoms with Crippen LogP contribution in [-0.2, 0) is 27.2 Å². The smallest absolute Gasteiger partial charge is 0.410 e. The Morgan fingerprint density at radius 2 is 1.72 bits per heavy atom. The zero-order valence-corrected chi connectivity index (χ0v) is 21.6. The van der Waals surface area contributed by atoms with E-state index in [1.54, 1.807) is 17.4 Å². The van der Waals surface area contributed by atoms with Crippen LogP contribution in [0, 0.1) is 0 Å². The number of carbonyl (C=O) groups is 1. The van der Waals surface area contributed by atoms with Crippen molar-refractivity contribution in [2.45, 2.75) is 38.2 Å². The van der Waals surface area contributed by atoms with Crippen molar-refractivity contribution in [2.24, 2.45) is 0 Å². The molecule has 4 aromatic rings. The van der Waals surface area contributed by atoms with E-state index in [1.165, 1.54) is 0 Å². The second-order valence-corrected chi connectivity index (χ2v) is 9.72. The predicted octanol–water partition coefficient (Wildman–Crippen LogP) is 6.05. The van der Waals surface area contributed by atoms with Crippen LogP contribution >= 0.6 is 0 Å². The number of piperidine rings is 1. The number of rotatable bonds is 7. The van der Waals surface area contributed by atoms with Crippen LogP contribution in [0.5, 0.6) is 0 Å². The first-order valence-electron chi connectivity index (χ1n) is 13.2. The molecule has 0 N–H and O–H groups in total. The normalized spacial score (nSPS) is 18.7. The zero-order chi connectivity index (χ0) is 26.4. The minimum Gasteiger partial charge on any atom is -0.445 e. The van der Waals surface area contributed by atoms with Gasteiger partial charge in [-0.2, -0.15) is 0 Å². The van der Waals surface area contributed by atoms with Crippen molar-refractivity contribution in [3.05, 3.63) is 120 Å². The lowest BCUT2D eigenvalue weighted by Crippen LogP contribution is -2.40. The van der Waals surface area contributed by atoms with E-state index >= 15 is 0 Å². The number of amides is 1. The molecule has 8 nitrogen and oxygen atoms in total. The van der Waals surface area contributed by atoms with Gasteiger partial charge in [0.2, 0.25) is 0 Å². The molecule has 0 saturated carbocycles. The molecule has 2 aliphatic rings. The van der Waals surface area contributed by atoms with Crippen LogP contribution in [0.2, 0.25) is 0 Å². The Hall–Kier alpha value is -4.59. The molecule has 2 aromatic heterocycles. The molecule has 8 heteroatoms. The largest absolute Gasteiger partial charge is 0.445 e. The quantitative estimate of drug-likeness (QED) is 0.294. The van der Waals surface area contributed by atoms with Gasteiger partial charge in [0.05, 0.1) is 17.6 Å². The average molecular weight is 523 g/mol. The number of aromatic nitrogens is 3. The van der Waals surface area contributed by atoms with Gasteiger partial charge in [-0.3, -0.25) is 9.55 Å². The van der Waals surface area contributed by atoms with E-state index in [2.05, 4.69) is 17.1 Å². The summed E-state index contributed by atoms with van der Waals surface area (Å²) >= 11 is 0. The summed E-state index contributed by atoms with van der Waals surface area (Å²) < 4.78 is 19.9. The number of likely N-dealkylation sites (tertiary alicyclic amines) is 1. The standard InChI is InChI=1S/C31H30N4O4/c36-30(37-21-24-12-5-2-6-13-24)34-17-9-14-25(20-34)29-33-19-28(27-15-7-8-16-32-27)35(29)31-38-22-26(39-31)18-23-10-3-1-4-11-23/h1-8,10-13,15-16,19,22,25,31H,9,14,17-18,20-21H2. The Morgan fingerprint density at radius 1 is 0.949 bits per heavy atom. The number of nitrogens with zero attached hydrogens (tertiary/aromatic N) is 4. The highest BCUT2D eigenvalue weighted by molar-refractivity contribution is 5.68. The van der Waals surface area contributed by atoms with Crippen LogP contribution in [0.4, 0.5) is 4.79 Å². The van der Waals surface area contributed by atoms with Crippen LogP contribution in [0.3, 0.4) is 0 Å². The molecule has 0 radical (unpaired) electrons. The van der Waals surface area contributed by atoms with Crippen molar-refractivity contribution >= 4 is 6.09 Å². The predicted molar refractivity (Wildman–Crippen MR) is 145 cm³/mol. The zero-order valence-electron chi connectivity index (χ0n) is 21.6. The number of ether oxygens (including phenoxy) is 3. The van der Waals surface area contributed by atoms with Gasteiger partial charge in [0, 0.05) is 31.6 Å². The summed E-state index contributed by atoms with van der Waals surface area (Å²) in [5, 5.41) is 0. The van der Waals surface area contributed by atoms with Crippen molar-refractivity contribution in [1.29, 1.82) is 0 Å². The SMILES string of the molecule is O=C(OCc1ccccc1)N1CCCC(c2ncc(-c3ccccn3)n2C2OC=C(Cc3ccccc3)O2)C1. The van der Waals surface area contributed by atoms with Gasteiger partial charge in [-0.15, -0.1) is 0 Å². The molecule has 4 heterocycles. The summed E-state index contributed by atoms with van der Waals surface area (Å²) in [6.07, 6.45) is 6.59. The van der Waals surface area contributed by atoms with Crippen LogP contribution in [-0.4, -0.2) is 38.6 Å².